The maximum atomic E-state index is 2.69. The van der Waals surface area contributed by atoms with Crippen molar-refractivity contribution >= 4 is 41.0 Å². The van der Waals surface area contributed by atoms with Crippen LogP contribution in [0.4, 0.5) is 11.4 Å². The first-order chi connectivity index (χ1) is 22.5. The topological polar surface area (TPSA) is 3.24 Å². The van der Waals surface area contributed by atoms with Crippen LogP contribution in [0.25, 0.3) is 32.7 Å². The van der Waals surface area contributed by atoms with E-state index in [2.05, 4.69) is 176 Å². The molecule has 1 aliphatic carbocycles. The molecular formula is C44H37NSi. The molecule has 0 N–H and O–H groups in total. The van der Waals surface area contributed by atoms with Gasteiger partial charge in [0.1, 0.15) is 0 Å². The standard InChI is InChI=1S/C44H37NSi/c1-46(2,3)42-28-31-15-11-13-21-41(31)45(42)34-23-25-38-40(29-34)44(32-16-6-4-7-17-32,33-18-8-5-9-19-33)39-27-26-36-35-20-12-10-14-30(35)22-24-37(36)43(38)39/h4-27,29,42H,28H2,1-3H3. The van der Waals surface area contributed by atoms with E-state index in [9.17, 15) is 0 Å². The van der Waals surface area contributed by atoms with Gasteiger partial charge in [0.15, 0.2) is 0 Å². The molecule has 0 radical (unpaired) electrons. The molecule has 1 aliphatic heterocycles. The molecule has 222 valence electrons. The van der Waals surface area contributed by atoms with Gasteiger partial charge >= 0.3 is 0 Å². The van der Waals surface area contributed by atoms with Gasteiger partial charge in [-0.2, -0.15) is 0 Å². The maximum Gasteiger partial charge on any atom is 0.0714 e. The Bertz CT molecular complexity index is 2240. The molecular weight excluding hydrogens is 571 g/mol. The number of para-hydroxylation sites is 1. The van der Waals surface area contributed by atoms with Crippen molar-refractivity contribution in [3.8, 4) is 11.1 Å². The monoisotopic (exact) mass is 607 g/mol. The fraction of sp³-hybridized carbons (Fsp3) is 0.136. The summed E-state index contributed by atoms with van der Waals surface area (Å²) in [6, 6.07) is 57.2. The second-order valence-corrected chi connectivity index (χ2v) is 19.6. The Hall–Kier alpha value is -4.92. The summed E-state index contributed by atoms with van der Waals surface area (Å²) in [6.07, 6.45) is 1.11. The van der Waals surface area contributed by atoms with Crippen LogP contribution in [0.2, 0.25) is 19.6 Å². The van der Waals surface area contributed by atoms with E-state index >= 15 is 0 Å². The number of anilines is 2. The molecule has 9 rings (SSSR count). The van der Waals surface area contributed by atoms with Gasteiger partial charge in [0.05, 0.1) is 13.5 Å². The van der Waals surface area contributed by atoms with E-state index in [0.29, 0.717) is 5.67 Å². The molecule has 7 aromatic rings. The summed E-state index contributed by atoms with van der Waals surface area (Å²) in [7, 11) is -1.56. The predicted octanol–water partition coefficient (Wildman–Crippen LogP) is 11.3. The summed E-state index contributed by atoms with van der Waals surface area (Å²) in [5, 5.41) is 5.23. The minimum Gasteiger partial charge on any atom is -0.341 e. The third-order valence-electron chi connectivity index (χ3n) is 10.7. The Labute approximate surface area is 272 Å². The van der Waals surface area contributed by atoms with Crippen LogP contribution in [0.15, 0.2) is 152 Å². The minimum atomic E-state index is -1.56. The van der Waals surface area contributed by atoms with E-state index in [1.54, 1.807) is 0 Å². The Balaban J connectivity index is 1.40. The summed E-state index contributed by atoms with van der Waals surface area (Å²) in [5.74, 6) is 0. The van der Waals surface area contributed by atoms with Crippen molar-refractivity contribution < 1.29 is 0 Å². The summed E-state index contributed by atoms with van der Waals surface area (Å²) in [5.41, 5.74) is 12.2. The van der Waals surface area contributed by atoms with Gasteiger partial charge in [0.2, 0.25) is 0 Å². The van der Waals surface area contributed by atoms with E-state index in [-0.39, 0.29) is 0 Å². The average molecular weight is 608 g/mol. The van der Waals surface area contributed by atoms with Gasteiger partial charge in [-0.05, 0) is 85.1 Å². The van der Waals surface area contributed by atoms with Crippen LogP contribution in [0.1, 0.15) is 27.8 Å². The Morgan fingerprint density at radius 2 is 1.22 bits per heavy atom. The SMILES string of the molecule is C[Si](C)(C)C1Cc2ccccc2N1c1ccc2c(c1)C(c1ccccc1)(c1ccccc1)c1ccc3c(ccc4ccccc43)c1-2. The maximum absolute atomic E-state index is 2.69. The first-order valence-electron chi connectivity index (χ1n) is 16.5. The zero-order valence-corrected chi connectivity index (χ0v) is 27.7. The zero-order valence-electron chi connectivity index (χ0n) is 26.7. The zero-order chi connectivity index (χ0) is 31.0. The molecule has 1 nitrogen and oxygen atoms in total. The Morgan fingerprint density at radius 1 is 0.565 bits per heavy atom. The fourth-order valence-corrected chi connectivity index (χ4v) is 10.5. The van der Waals surface area contributed by atoms with Crippen LogP contribution < -0.4 is 4.90 Å². The average Bonchev–Trinajstić information content (AvgIpc) is 3.64. The van der Waals surface area contributed by atoms with Crippen molar-refractivity contribution in [1.82, 2.24) is 0 Å². The molecule has 1 unspecified atom stereocenters. The normalized spacial score (nSPS) is 16.4. The number of hydrogen-bond acceptors (Lipinski definition) is 1. The van der Waals surface area contributed by atoms with Gasteiger partial charge < -0.3 is 4.90 Å². The van der Waals surface area contributed by atoms with Crippen molar-refractivity contribution in [2.75, 3.05) is 4.90 Å². The lowest BCUT2D eigenvalue weighted by Gasteiger charge is -2.37. The Morgan fingerprint density at radius 3 is 1.96 bits per heavy atom. The van der Waals surface area contributed by atoms with Gasteiger partial charge in [0.25, 0.3) is 0 Å². The minimum absolute atomic E-state index is 0.447. The van der Waals surface area contributed by atoms with Crippen LogP contribution in [0.5, 0.6) is 0 Å². The quantitative estimate of drug-likeness (QED) is 0.142. The largest absolute Gasteiger partial charge is 0.341 e. The van der Waals surface area contributed by atoms with Gasteiger partial charge in [-0.3, -0.25) is 0 Å². The molecule has 1 heterocycles. The highest BCUT2D eigenvalue weighted by Gasteiger charge is 2.48. The number of rotatable bonds is 4. The van der Waals surface area contributed by atoms with E-state index in [0.717, 1.165) is 6.42 Å². The van der Waals surface area contributed by atoms with Crippen LogP contribution in [0.3, 0.4) is 0 Å². The highest BCUT2D eigenvalue weighted by Crippen LogP contribution is 2.59. The summed E-state index contributed by atoms with van der Waals surface area (Å²) >= 11 is 0. The molecule has 0 aromatic heterocycles. The lowest BCUT2D eigenvalue weighted by atomic mass is 9.67. The summed E-state index contributed by atoms with van der Waals surface area (Å²) < 4.78 is 0. The van der Waals surface area contributed by atoms with E-state index < -0.39 is 13.5 Å². The number of benzene rings is 7. The molecule has 0 saturated heterocycles. The Kier molecular flexibility index (Phi) is 5.98. The smallest absolute Gasteiger partial charge is 0.0714 e. The van der Waals surface area contributed by atoms with E-state index in [1.807, 2.05) is 0 Å². The molecule has 7 aromatic carbocycles. The van der Waals surface area contributed by atoms with Gasteiger partial charge in [-0.15, -0.1) is 0 Å². The van der Waals surface area contributed by atoms with Crippen LogP contribution in [-0.2, 0) is 11.8 Å². The van der Waals surface area contributed by atoms with Crippen molar-refractivity contribution in [3.63, 3.8) is 0 Å². The van der Waals surface area contributed by atoms with E-state index in [1.165, 1.54) is 71.9 Å². The molecule has 2 aliphatic rings. The third kappa shape index (κ3) is 3.80. The van der Waals surface area contributed by atoms with Crippen LogP contribution in [-0.4, -0.2) is 13.7 Å². The number of hydrogen-bond donors (Lipinski definition) is 0. The third-order valence-corrected chi connectivity index (χ3v) is 13.1. The first-order valence-corrected chi connectivity index (χ1v) is 20.1. The van der Waals surface area contributed by atoms with Crippen LogP contribution in [0, 0.1) is 0 Å². The predicted molar refractivity (Wildman–Crippen MR) is 198 cm³/mol. The molecule has 0 fully saturated rings. The lowest BCUT2D eigenvalue weighted by Crippen LogP contribution is -2.47. The van der Waals surface area contributed by atoms with Crippen LogP contribution >= 0.6 is 0 Å². The first kappa shape index (κ1) is 27.4. The molecule has 46 heavy (non-hydrogen) atoms. The highest BCUT2D eigenvalue weighted by atomic mass is 28.3. The summed E-state index contributed by atoms with van der Waals surface area (Å²) in [6.45, 7) is 7.57. The van der Waals surface area contributed by atoms with Crippen molar-refractivity contribution in [2.45, 2.75) is 37.1 Å². The number of fused-ring (bicyclic) bond motifs is 8. The number of nitrogens with zero attached hydrogens (tertiary/aromatic N) is 1. The van der Waals surface area contributed by atoms with E-state index in [4.69, 9.17) is 0 Å². The van der Waals surface area contributed by atoms with Gasteiger partial charge in [0, 0.05) is 17.0 Å². The molecule has 0 amide bonds. The lowest BCUT2D eigenvalue weighted by molar-refractivity contribution is 0.767. The molecule has 0 saturated carbocycles. The molecule has 2 heteroatoms. The van der Waals surface area contributed by atoms with Crippen molar-refractivity contribution in [2.24, 2.45) is 0 Å². The molecule has 0 spiro atoms. The van der Waals surface area contributed by atoms with Crippen molar-refractivity contribution in [3.05, 3.63) is 179 Å². The highest BCUT2D eigenvalue weighted by molar-refractivity contribution is 6.78. The summed E-state index contributed by atoms with van der Waals surface area (Å²) in [4.78, 5) is 2.69. The van der Waals surface area contributed by atoms with Crippen molar-refractivity contribution in [1.29, 1.82) is 0 Å². The second kappa shape index (κ2) is 10.0. The van der Waals surface area contributed by atoms with Gasteiger partial charge in [-0.25, -0.2) is 0 Å². The molecule has 0 bridgehead atoms. The fourth-order valence-electron chi connectivity index (χ4n) is 8.61. The van der Waals surface area contributed by atoms with Gasteiger partial charge in [-0.1, -0.05) is 153 Å². The molecule has 1 atom stereocenters. The second-order valence-electron chi connectivity index (χ2n) is 14.2.